The molecule has 1 aliphatic rings. The van der Waals surface area contributed by atoms with E-state index in [1.807, 2.05) is 18.2 Å². The molecule has 3 aromatic rings. The van der Waals surface area contributed by atoms with Gasteiger partial charge in [-0.2, -0.15) is 0 Å². The third-order valence-electron chi connectivity index (χ3n) is 4.62. The van der Waals surface area contributed by atoms with Crippen LogP contribution in [0.4, 0.5) is 4.39 Å². The van der Waals surface area contributed by atoms with Crippen molar-refractivity contribution < 1.29 is 4.39 Å². The van der Waals surface area contributed by atoms with Crippen LogP contribution in [0.25, 0.3) is 5.57 Å². The molecular weight excluding hydrogens is 338 g/mol. The van der Waals surface area contributed by atoms with Gasteiger partial charge in [0.15, 0.2) is 0 Å². The van der Waals surface area contributed by atoms with Crippen molar-refractivity contribution in [3.05, 3.63) is 108 Å². The van der Waals surface area contributed by atoms with Crippen molar-refractivity contribution in [2.45, 2.75) is 13.3 Å². The Morgan fingerprint density at radius 2 is 1.42 bits per heavy atom. The summed E-state index contributed by atoms with van der Waals surface area (Å²) in [5.41, 5.74) is 3.72. The molecular formula is C24H20FP. The maximum atomic E-state index is 14.3. The molecule has 0 saturated carbocycles. The molecule has 0 heterocycles. The predicted molar refractivity (Wildman–Crippen MR) is 111 cm³/mol. The van der Waals surface area contributed by atoms with Gasteiger partial charge in [-0.15, -0.1) is 0 Å². The second-order valence-corrected chi connectivity index (χ2v) is 8.68. The summed E-state index contributed by atoms with van der Waals surface area (Å²) in [7, 11) is -0.817. The molecule has 0 atom stereocenters. The van der Waals surface area contributed by atoms with E-state index in [-0.39, 0.29) is 5.82 Å². The Morgan fingerprint density at radius 1 is 0.808 bits per heavy atom. The van der Waals surface area contributed by atoms with Crippen LogP contribution in [0.3, 0.4) is 0 Å². The normalized spacial score (nSPS) is 13.7. The fourth-order valence-electron chi connectivity index (χ4n) is 3.39. The van der Waals surface area contributed by atoms with Gasteiger partial charge in [-0.05, 0) is 60.4 Å². The standard InChI is InChI=1S/C24H20FP/c1-18-12-13-19(16-18)23-15-14-20(25)17-24(23)26(21-8-4-2-5-9-21)22-10-6-3-7-11-22/h2-12,14-17H,13H2,1H3. The first-order valence-corrected chi connectivity index (χ1v) is 10.1. The van der Waals surface area contributed by atoms with Gasteiger partial charge in [-0.3, -0.25) is 0 Å². The first-order chi connectivity index (χ1) is 12.7. The molecule has 4 rings (SSSR count). The molecule has 1 aliphatic carbocycles. The number of halogens is 1. The average Bonchev–Trinajstić information content (AvgIpc) is 3.10. The summed E-state index contributed by atoms with van der Waals surface area (Å²) < 4.78 is 14.3. The molecule has 3 aromatic carbocycles. The van der Waals surface area contributed by atoms with Crippen molar-refractivity contribution >= 4 is 29.4 Å². The lowest BCUT2D eigenvalue weighted by Crippen LogP contribution is -2.23. The van der Waals surface area contributed by atoms with Crippen LogP contribution < -0.4 is 15.9 Å². The minimum absolute atomic E-state index is 0.175. The van der Waals surface area contributed by atoms with Gasteiger partial charge in [0.1, 0.15) is 5.82 Å². The van der Waals surface area contributed by atoms with Gasteiger partial charge in [0.25, 0.3) is 0 Å². The van der Waals surface area contributed by atoms with E-state index in [0.717, 1.165) is 11.7 Å². The highest BCUT2D eigenvalue weighted by Crippen LogP contribution is 2.38. The summed E-state index contributed by atoms with van der Waals surface area (Å²) >= 11 is 0. The smallest absolute Gasteiger partial charge is 0.123 e. The Kier molecular flexibility index (Phi) is 4.82. The Bertz CT molecular complexity index is 932. The number of allylic oxidation sites excluding steroid dienone is 4. The molecule has 0 radical (unpaired) electrons. The lowest BCUT2D eigenvalue weighted by Gasteiger charge is -2.23. The minimum atomic E-state index is -0.817. The molecule has 2 heteroatoms. The van der Waals surface area contributed by atoms with Crippen molar-refractivity contribution in [3.8, 4) is 0 Å². The van der Waals surface area contributed by atoms with E-state index >= 15 is 0 Å². The maximum absolute atomic E-state index is 14.3. The number of benzene rings is 3. The fourth-order valence-corrected chi connectivity index (χ4v) is 5.90. The van der Waals surface area contributed by atoms with Crippen molar-refractivity contribution in [1.29, 1.82) is 0 Å². The highest BCUT2D eigenvalue weighted by Gasteiger charge is 2.22. The molecule has 128 valence electrons. The van der Waals surface area contributed by atoms with Crippen LogP contribution in [0.2, 0.25) is 0 Å². The SMILES string of the molecule is CC1=CCC(c2ccc(F)cc2P(c2ccccc2)c2ccccc2)=C1. The second kappa shape index (κ2) is 7.40. The Balaban J connectivity index is 1.92. The summed E-state index contributed by atoms with van der Waals surface area (Å²) in [5.74, 6) is -0.175. The third kappa shape index (κ3) is 3.41. The summed E-state index contributed by atoms with van der Waals surface area (Å²) in [5, 5.41) is 3.57. The number of hydrogen-bond donors (Lipinski definition) is 0. The van der Waals surface area contributed by atoms with Crippen LogP contribution in [0.1, 0.15) is 18.9 Å². The van der Waals surface area contributed by atoms with E-state index < -0.39 is 7.92 Å². The van der Waals surface area contributed by atoms with Crippen LogP contribution >= 0.6 is 7.92 Å². The van der Waals surface area contributed by atoms with Gasteiger partial charge in [0.05, 0.1) is 0 Å². The summed E-state index contributed by atoms with van der Waals surface area (Å²) in [6.45, 7) is 2.12. The van der Waals surface area contributed by atoms with Gasteiger partial charge < -0.3 is 0 Å². The van der Waals surface area contributed by atoms with E-state index in [9.17, 15) is 4.39 Å². The molecule has 0 aliphatic heterocycles. The number of rotatable bonds is 4. The third-order valence-corrected chi connectivity index (χ3v) is 7.10. The first-order valence-electron chi connectivity index (χ1n) is 8.80. The molecule has 0 unspecified atom stereocenters. The molecule has 0 aromatic heterocycles. The molecule has 0 bridgehead atoms. The zero-order valence-corrected chi connectivity index (χ0v) is 15.6. The molecule has 0 saturated heterocycles. The Morgan fingerprint density at radius 3 is 1.96 bits per heavy atom. The predicted octanol–water partition coefficient (Wildman–Crippen LogP) is 5.32. The Hall–Kier alpha value is -2.50. The molecule has 0 spiro atoms. The van der Waals surface area contributed by atoms with Gasteiger partial charge >= 0.3 is 0 Å². The zero-order chi connectivity index (χ0) is 17.9. The highest BCUT2D eigenvalue weighted by molar-refractivity contribution is 7.80. The molecule has 0 fully saturated rings. The van der Waals surface area contributed by atoms with Crippen LogP contribution in [-0.4, -0.2) is 0 Å². The zero-order valence-electron chi connectivity index (χ0n) is 14.7. The van der Waals surface area contributed by atoms with Crippen molar-refractivity contribution in [3.63, 3.8) is 0 Å². The molecule has 0 amide bonds. The monoisotopic (exact) mass is 358 g/mol. The summed E-state index contributed by atoms with van der Waals surface area (Å²) in [4.78, 5) is 0. The summed E-state index contributed by atoms with van der Waals surface area (Å²) in [6, 6.07) is 26.2. The first kappa shape index (κ1) is 16.9. The van der Waals surface area contributed by atoms with Crippen molar-refractivity contribution in [2.24, 2.45) is 0 Å². The van der Waals surface area contributed by atoms with E-state index in [1.165, 1.54) is 27.3 Å². The lowest BCUT2D eigenvalue weighted by atomic mass is 10.1. The fraction of sp³-hybridized carbons (Fsp3) is 0.0833. The van der Waals surface area contributed by atoms with Gasteiger partial charge in [-0.1, -0.05) is 84.5 Å². The average molecular weight is 358 g/mol. The molecule has 26 heavy (non-hydrogen) atoms. The van der Waals surface area contributed by atoms with Crippen LogP contribution in [0, 0.1) is 5.82 Å². The number of hydrogen-bond acceptors (Lipinski definition) is 0. The highest BCUT2D eigenvalue weighted by atomic mass is 31.1. The van der Waals surface area contributed by atoms with Gasteiger partial charge in [0.2, 0.25) is 0 Å². The Labute approximate surface area is 155 Å². The molecule has 0 nitrogen and oxygen atoms in total. The van der Waals surface area contributed by atoms with E-state index in [0.29, 0.717) is 0 Å². The molecule has 0 N–H and O–H groups in total. The van der Waals surface area contributed by atoms with Crippen molar-refractivity contribution in [1.82, 2.24) is 0 Å². The van der Waals surface area contributed by atoms with Crippen LogP contribution in [0.15, 0.2) is 96.6 Å². The van der Waals surface area contributed by atoms with Crippen molar-refractivity contribution in [2.75, 3.05) is 0 Å². The van der Waals surface area contributed by atoms with E-state index in [2.05, 4.69) is 67.6 Å². The van der Waals surface area contributed by atoms with E-state index in [4.69, 9.17) is 0 Å². The largest absolute Gasteiger partial charge is 0.207 e. The topological polar surface area (TPSA) is 0 Å². The second-order valence-electron chi connectivity index (χ2n) is 6.49. The van der Waals surface area contributed by atoms with E-state index in [1.54, 1.807) is 12.1 Å². The quantitative estimate of drug-likeness (QED) is 0.554. The summed E-state index contributed by atoms with van der Waals surface area (Å²) in [6.07, 6.45) is 5.37. The van der Waals surface area contributed by atoms with Gasteiger partial charge in [-0.25, -0.2) is 4.39 Å². The van der Waals surface area contributed by atoms with Crippen LogP contribution in [-0.2, 0) is 0 Å². The lowest BCUT2D eigenvalue weighted by molar-refractivity contribution is 0.629. The van der Waals surface area contributed by atoms with Gasteiger partial charge in [0, 0.05) is 0 Å². The van der Waals surface area contributed by atoms with Crippen LogP contribution in [0.5, 0.6) is 0 Å². The minimum Gasteiger partial charge on any atom is -0.207 e. The maximum Gasteiger partial charge on any atom is 0.123 e.